The van der Waals surface area contributed by atoms with E-state index in [1.165, 1.54) is 6.07 Å². The summed E-state index contributed by atoms with van der Waals surface area (Å²) >= 11 is 0. The Morgan fingerprint density at radius 1 is 1.50 bits per heavy atom. The van der Waals surface area contributed by atoms with Crippen molar-refractivity contribution in [1.82, 2.24) is 0 Å². The number of aromatic hydroxyl groups is 1. The number of benzene rings is 1. The maximum Gasteiger partial charge on any atom is 0.145 e. The highest BCUT2D eigenvalue weighted by Crippen LogP contribution is 2.32. The van der Waals surface area contributed by atoms with E-state index in [0.29, 0.717) is 23.9 Å². The molecule has 0 atom stereocenters. The van der Waals surface area contributed by atoms with Crippen LogP contribution in [0.3, 0.4) is 0 Å². The summed E-state index contributed by atoms with van der Waals surface area (Å²) in [5.74, 6) is 1.24. The van der Waals surface area contributed by atoms with Gasteiger partial charge in [-0.15, -0.1) is 0 Å². The molecule has 0 unspecified atom stereocenters. The summed E-state index contributed by atoms with van der Waals surface area (Å²) in [4.78, 5) is 4.02. The van der Waals surface area contributed by atoms with Crippen molar-refractivity contribution in [2.45, 2.75) is 0 Å². The predicted octanol–water partition coefficient (Wildman–Crippen LogP) is 0.773. The normalized spacial score (nSPS) is 14.5. The van der Waals surface area contributed by atoms with Crippen LogP contribution >= 0.6 is 0 Å². The van der Waals surface area contributed by atoms with Crippen LogP contribution < -0.4 is 10.5 Å². The molecule has 0 spiro atoms. The number of phenols is 1. The van der Waals surface area contributed by atoms with Gasteiger partial charge in [0.1, 0.15) is 29.6 Å². The van der Waals surface area contributed by atoms with Gasteiger partial charge in [-0.05, 0) is 12.1 Å². The van der Waals surface area contributed by atoms with Crippen molar-refractivity contribution >= 4 is 11.5 Å². The Kier molecular flexibility index (Phi) is 1.40. The molecular formula is C8H8N2O2. The van der Waals surface area contributed by atoms with Gasteiger partial charge in [-0.3, -0.25) is 0 Å². The van der Waals surface area contributed by atoms with Crippen molar-refractivity contribution in [1.29, 1.82) is 0 Å². The number of hydrogen-bond donors (Lipinski definition) is 2. The Hall–Kier alpha value is -1.71. The van der Waals surface area contributed by atoms with Crippen LogP contribution in [0, 0.1) is 0 Å². The zero-order valence-corrected chi connectivity index (χ0v) is 6.32. The fraction of sp³-hybridized carbons (Fsp3) is 0.125. The van der Waals surface area contributed by atoms with E-state index in [9.17, 15) is 0 Å². The molecule has 62 valence electrons. The molecule has 3 N–H and O–H groups in total. The van der Waals surface area contributed by atoms with Gasteiger partial charge in [0, 0.05) is 6.07 Å². The number of hydrogen-bond acceptors (Lipinski definition) is 4. The molecule has 1 aliphatic rings. The van der Waals surface area contributed by atoms with Gasteiger partial charge in [-0.1, -0.05) is 0 Å². The standard InChI is InChI=1S/C8H8N2O2/c9-8-4-12-7-2-1-5(11)3-6(7)10-8/h1-3,11H,4H2,(H2,9,10). The lowest BCUT2D eigenvalue weighted by atomic mass is 10.2. The third kappa shape index (κ3) is 1.07. The number of ether oxygens (including phenoxy) is 1. The minimum atomic E-state index is 0.163. The van der Waals surface area contributed by atoms with Crippen LogP contribution in [-0.2, 0) is 0 Å². The van der Waals surface area contributed by atoms with E-state index in [2.05, 4.69) is 4.99 Å². The van der Waals surface area contributed by atoms with Gasteiger partial charge in [0.05, 0.1) is 0 Å². The van der Waals surface area contributed by atoms with Gasteiger partial charge in [0.2, 0.25) is 0 Å². The van der Waals surface area contributed by atoms with E-state index in [0.717, 1.165) is 0 Å². The van der Waals surface area contributed by atoms with Crippen molar-refractivity contribution < 1.29 is 9.84 Å². The largest absolute Gasteiger partial charge is 0.508 e. The molecule has 1 heterocycles. The zero-order valence-electron chi connectivity index (χ0n) is 6.32. The number of rotatable bonds is 0. The van der Waals surface area contributed by atoms with Gasteiger partial charge in [0.25, 0.3) is 0 Å². The Bertz CT molecular complexity index is 347. The molecule has 1 aromatic carbocycles. The van der Waals surface area contributed by atoms with Gasteiger partial charge in [0.15, 0.2) is 0 Å². The summed E-state index contributed by atoms with van der Waals surface area (Å²) in [6.45, 7) is 0.317. The molecule has 1 aliphatic heterocycles. The SMILES string of the molecule is NC1=Nc2cc(O)ccc2OC1. The smallest absolute Gasteiger partial charge is 0.145 e. The highest BCUT2D eigenvalue weighted by Gasteiger charge is 2.10. The van der Waals surface area contributed by atoms with Crippen molar-refractivity contribution in [2.24, 2.45) is 10.7 Å². The van der Waals surface area contributed by atoms with Gasteiger partial charge >= 0.3 is 0 Å². The van der Waals surface area contributed by atoms with Crippen LogP contribution in [0.15, 0.2) is 23.2 Å². The molecule has 0 aliphatic carbocycles. The third-order valence-electron chi connectivity index (χ3n) is 1.58. The summed E-state index contributed by atoms with van der Waals surface area (Å²) in [5.41, 5.74) is 6.03. The molecule has 0 amide bonds. The molecule has 1 aromatic rings. The maximum absolute atomic E-state index is 9.11. The third-order valence-corrected chi connectivity index (χ3v) is 1.58. The average Bonchev–Trinajstić information content (AvgIpc) is 2.03. The Morgan fingerprint density at radius 3 is 3.17 bits per heavy atom. The molecule has 12 heavy (non-hydrogen) atoms. The second-order valence-corrected chi connectivity index (χ2v) is 2.54. The molecular weight excluding hydrogens is 156 g/mol. The lowest BCUT2D eigenvalue weighted by Crippen LogP contribution is -2.23. The highest BCUT2D eigenvalue weighted by atomic mass is 16.5. The van der Waals surface area contributed by atoms with Crippen molar-refractivity contribution in [3.63, 3.8) is 0 Å². The number of aliphatic imine (C=N–C) groups is 1. The van der Waals surface area contributed by atoms with Crippen LogP contribution in [0.1, 0.15) is 0 Å². The first-order chi connectivity index (χ1) is 5.75. The van der Waals surface area contributed by atoms with E-state index in [1.807, 2.05) is 0 Å². The monoisotopic (exact) mass is 164 g/mol. The molecule has 0 bridgehead atoms. The fourth-order valence-corrected chi connectivity index (χ4v) is 1.05. The number of fused-ring (bicyclic) bond motifs is 1. The van der Waals surface area contributed by atoms with E-state index in [-0.39, 0.29) is 5.75 Å². The van der Waals surface area contributed by atoms with E-state index < -0.39 is 0 Å². The molecule has 0 fully saturated rings. The molecule has 0 saturated heterocycles. The first-order valence-corrected chi connectivity index (χ1v) is 3.54. The highest BCUT2D eigenvalue weighted by molar-refractivity contribution is 5.87. The molecule has 0 saturated carbocycles. The Morgan fingerprint density at radius 2 is 2.33 bits per heavy atom. The van der Waals surface area contributed by atoms with Gasteiger partial charge in [-0.25, -0.2) is 4.99 Å². The zero-order chi connectivity index (χ0) is 8.55. The van der Waals surface area contributed by atoms with Gasteiger partial charge in [-0.2, -0.15) is 0 Å². The second-order valence-electron chi connectivity index (χ2n) is 2.54. The second kappa shape index (κ2) is 2.41. The Labute approximate surface area is 69.3 Å². The minimum Gasteiger partial charge on any atom is -0.508 e. The number of amidine groups is 1. The molecule has 0 radical (unpaired) electrons. The van der Waals surface area contributed by atoms with Crippen molar-refractivity contribution in [3.05, 3.63) is 18.2 Å². The Balaban J connectivity index is 2.53. The molecule has 4 nitrogen and oxygen atoms in total. The summed E-state index contributed by atoms with van der Waals surface area (Å²) < 4.78 is 5.22. The first kappa shape index (κ1) is 6.97. The predicted molar refractivity (Wildman–Crippen MR) is 44.9 cm³/mol. The molecule has 4 heteroatoms. The topological polar surface area (TPSA) is 67.8 Å². The van der Waals surface area contributed by atoms with Gasteiger partial charge < -0.3 is 15.6 Å². The lowest BCUT2D eigenvalue weighted by molar-refractivity contribution is 0.369. The van der Waals surface area contributed by atoms with Crippen LogP contribution in [0.4, 0.5) is 5.69 Å². The van der Waals surface area contributed by atoms with Crippen LogP contribution in [0.25, 0.3) is 0 Å². The summed E-state index contributed by atoms with van der Waals surface area (Å²) in [6, 6.07) is 4.73. The quantitative estimate of drug-likeness (QED) is 0.595. The average molecular weight is 164 g/mol. The fourth-order valence-electron chi connectivity index (χ4n) is 1.05. The molecule has 2 rings (SSSR count). The van der Waals surface area contributed by atoms with E-state index in [1.54, 1.807) is 12.1 Å². The van der Waals surface area contributed by atoms with Crippen LogP contribution in [0.5, 0.6) is 11.5 Å². The number of phenolic OH excluding ortho intramolecular Hbond substituents is 1. The van der Waals surface area contributed by atoms with E-state index >= 15 is 0 Å². The summed E-state index contributed by atoms with van der Waals surface area (Å²) in [7, 11) is 0. The van der Waals surface area contributed by atoms with Crippen molar-refractivity contribution in [2.75, 3.05) is 6.61 Å². The summed E-state index contributed by atoms with van der Waals surface area (Å²) in [5, 5.41) is 9.11. The number of nitrogens with two attached hydrogens (primary N) is 1. The van der Waals surface area contributed by atoms with Crippen LogP contribution in [-0.4, -0.2) is 17.5 Å². The first-order valence-electron chi connectivity index (χ1n) is 3.54. The minimum absolute atomic E-state index is 0.163. The van der Waals surface area contributed by atoms with Crippen LogP contribution in [0.2, 0.25) is 0 Å². The maximum atomic E-state index is 9.11. The number of nitrogens with zero attached hydrogens (tertiary/aromatic N) is 1. The van der Waals surface area contributed by atoms with Crippen molar-refractivity contribution in [3.8, 4) is 11.5 Å². The summed E-state index contributed by atoms with van der Waals surface area (Å²) in [6.07, 6.45) is 0. The molecule has 0 aromatic heterocycles. The van der Waals surface area contributed by atoms with E-state index in [4.69, 9.17) is 15.6 Å². The lowest BCUT2D eigenvalue weighted by Gasteiger charge is -2.13.